The van der Waals surface area contributed by atoms with E-state index in [4.69, 9.17) is 9.47 Å². The lowest BCUT2D eigenvalue weighted by Crippen LogP contribution is -1.98. The number of hydrogen-bond acceptors (Lipinski definition) is 4. The topological polar surface area (TPSA) is 38.7 Å². The molecule has 0 bridgehead atoms. The van der Waals surface area contributed by atoms with Gasteiger partial charge in [-0.05, 0) is 30.7 Å². The Morgan fingerprint density at radius 2 is 2.11 bits per heavy atom. The number of benzene rings is 1. The average Bonchev–Trinajstić information content (AvgIpc) is 2.87. The third-order valence-corrected chi connectivity index (χ3v) is 3.55. The number of aliphatic hydroxyl groups excluding tert-OH is 1. The minimum atomic E-state index is -0.640. The quantitative estimate of drug-likeness (QED) is 0.901. The van der Waals surface area contributed by atoms with Gasteiger partial charge in [-0.3, -0.25) is 0 Å². The third kappa shape index (κ3) is 2.83. The Labute approximate surface area is 111 Å². The summed E-state index contributed by atoms with van der Waals surface area (Å²) in [6, 6.07) is 9.37. The zero-order valence-corrected chi connectivity index (χ0v) is 11.2. The van der Waals surface area contributed by atoms with Crippen LogP contribution in [-0.4, -0.2) is 18.8 Å². The fraction of sp³-hybridized carbons (Fsp3) is 0.286. The van der Waals surface area contributed by atoms with Crippen molar-refractivity contribution in [1.82, 2.24) is 0 Å². The molecule has 0 spiro atoms. The van der Waals surface area contributed by atoms with Gasteiger partial charge < -0.3 is 14.6 Å². The predicted octanol–water partition coefficient (Wildman–Crippen LogP) is 3.24. The van der Waals surface area contributed by atoms with Gasteiger partial charge in [0.15, 0.2) is 0 Å². The second-order valence-corrected chi connectivity index (χ2v) is 4.74. The predicted molar refractivity (Wildman–Crippen MR) is 72.5 cm³/mol. The van der Waals surface area contributed by atoms with Crippen molar-refractivity contribution in [1.29, 1.82) is 0 Å². The summed E-state index contributed by atoms with van der Waals surface area (Å²) in [5.74, 6) is 1.55. The fourth-order valence-electron chi connectivity index (χ4n) is 1.69. The highest BCUT2D eigenvalue weighted by Crippen LogP contribution is 2.32. The molecule has 0 radical (unpaired) electrons. The van der Waals surface area contributed by atoms with Crippen LogP contribution in [0.4, 0.5) is 0 Å². The molecule has 2 rings (SSSR count). The minimum Gasteiger partial charge on any atom is -0.496 e. The zero-order valence-electron chi connectivity index (χ0n) is 10.4. The molecule has 18 heavy (non-hydrogen) atoms. The minimum absolute atomic E-state index is 0.617. The number of aliphatic hydroxyl groups is 1. The molecule has 1 unspecified atom stereocenters. The SMILES string of the molecule is CCOc1cccc(C(O)c2cc(OC)cs2)c1. The van der Waals surface area contributed by atoms with Crippen molar-refractivity contribution in [3.63, 3.8) is 0 Å². The van der Waals surface area contributed by atoms with Crippen LogP contribution in [-0.2, 0) is 0 Å². The second kappa shape index (κ2) is 5.89. The van der Waals surface area contributed by atoms with Crippen molar-refractivity contribution in [2.24, 2.45) is 0 Å². The van der Waals surface area contributed by atoms with E-state index in [1.807, 2.05) is 42.6 Å². The Morgan fingerprint density at radius 1 is 1.28 bits per heavy atom. The van der Waals surface area contributed by atoms with Crippen molar-refractivity contribution in [3.8, 4) is 11.5 Å². The molecular formula is C14H16O3S. The summed E-state index contributed by atoms with van der Waals surface area (Å²) in [6.07, 6.45) is -0.640. The fourth-order valence-corrected chi connectivity index (χ4v) is 2.56. The first-order chi connectivity index (χ1) is 8.74. The van der Waals surface area contributed by atoms with Gasteiger partial charge in [0, 0.05) is 10.3 Å². The summed E-state index contributed by atoms with van der Waals surface area (Å²) in [6.45, 7) is 2.56. The van der Waals surface area contributed by atoms with Crippen LogP contribution >= 0.6 is 11.3 Å². The maximum absolute atomic E-state index is 10.3. The van der Waals surface area contributed by atoms with Gasteiger partial charge in [-0.15, -0.1) is 11.3 Å². The lowest BCUT2D eigenvalue weighted by molar-refractivity contribution is 0.223. The molecule has 1 atom stereocenters. The Kier molecular flexibility index (Phi) is 4.23. The smallest absolute Gasteiger partial charge is 0.129 e. The first-order valence-corrected chi connectivity index (χ1v) is 6.65. The summed E-state index contributed by atoms with van der Waals surface area (Å²) < 4.78 is 10.5. The van der Waals surface area contributed by atoms with Crippen LogP contribution in [0.15, 0.2) is 35.7 Å². The molecule has 0 aliphatic heterocycles. The standard InChI is InChI=1S/C14H16O3S/c1-3-17-11-6-4-5-10(7-11)14(15)13-8-12(16-2)9-18-13/h4-9,14-15H,3H2,1-2H3. The molecule has 1 aromatic heterocycles. The van der Waals surface area contributed by atoms with Crippen LogP contribution < -0.4 is 9.47 Å². The van der Waals surface area contributed by atoms with Gasteiger partial charge in [0.2, 0.25) is 0 Å². The van der Waals surface area contributed by atoms with E-state index >= 15 is 0 Å². The van der Waals surface area contributed by atoms with Gasteiger partial charge >= 0.3 is 0 Å². The lowest BCUT2D eigenvalue weighted by Gasteiger charge is -2.10. The molecular weight excluding hydrogens is 248 g/mol. The average molecular weight is 264 g/mol. The number of rotatable bonds is 5. The van der Waals surface area contributed by atoms with E-state index in [0.29, 0.717) is 6.61 Å². The molecule has 0 fully saturated rings. The highest BCUT2D eigenvalue weighted by molar-refractivity contribution is 7.10. The van der Waals surface area contributed by atoms with E-state index in [1.165, 1.54) is 11.3 Å². The van der Waals surface area contributed by atoms with Crippen molar-refractivity contribution in [2.75, 3.05) is 13.7 Å². The zero-order chi connectivity index (χ0) is 13.0. The Balaban J connectivity index is 2.21. The maximum atomic E-state index is 10.3. The summed E-state index contributed by atoms with van der Waals surface area (Å²) in [5, 5.41) is 12.2. The normalized spacial score (nSPS) is 12.2. The number of ether oxygens (including phenoxy) is 2. The molecule has 3 nitrogen and oxygen atoms in total. The summed E-state index contributed by atoms with van der Waals surface area (Å²) in [4.78, 5) is 0.862. The monoisotopic (exact) mass is 264 g/mol. The first kappa shape index (κ1) is 12.9. The summed E-state index contributed by atoms with van der Waals surface area (Å²) >= 11 is 1.48. The molecule has 2 aromatic rings. The number of methoxy groups -OCH3 is 1. The molecule has 0 amide bonds. The largest absolute Gasteiger partial charge is 0.496 e. The highest BCUT2D eigenvalue weighted by atomic mass is 32.1. The molecule has 1 heterocycles. The Morgan fingerprint density at radius 3 is 2.78 bits per heavy atom. The van der Waals surface area contributed by atoms with Crippen LogP contribution in [0.3, 0.4) is 0 Å². The molecule has 1 aromatic carbocycles. The Hall–Kier alpha value is -1.52. The van der Waals surface area contributed by atoms with Crippen molar-refractivity contribution in [2.45, 2.75) is 13.0 Å². The maximum Gasteiger partial charge on any atom is 0.129 e. The Bertz CT molecular complexity index is 507. The molecule has 1 N–H and O–H groups in total. The van der Waals surface area contributed by atoms with Crippen LogP contribution in [0, 0.1) is 0 Å². The van der Waals surface area contributed by atoms with Gasteiger partial charge in [-0.2, -0.15) is 0 Å². The van der Waals surface area contributed by atoms with E-state index in [2.05, 4.69) is 0 Å². The van der Waals surface area contributed by atoms with Gasteiger partial charge in [-0.25, -0.2) is 0 Å². The highest BCUT2D eigenvalue weighted by Gasteiger charge is 2.14. The molecule has 0 saturated heterocycles. The third-order valence-electron chi connectivity index (χ3n) is 2.59. The van der Waals surface area contributed by atoms with E-state index < -0.39 is 6.10 Å². The molecule has 0 aliphatic rings. The van der Waals surface area contributed by atoms with Crippen LogP contribution in [0.1, 0.15) is 23.5 Å². The van der Waals surface area contributed by atoms with Crippen LogP contribution in [0.2, 0.25) is 0 Å². The summed E-state index contributed by atoms with van der Waals surface area (Å²) in [7, 11) is 1.62. The van der Waals surface area contributed by atoms with Crippen LogP contribution in [0.25, 0.3) is 0 Å². The van der Waals surface area contributed by atoms with Crippen molar-refractivity contribution < 1.29 is 14.6 Å². The number of thiophene rings is 1. The lowest BCUT2D eigenvalue weighted by atomic mass is 10.1. The molecule has 4 heteroatoms. The van der Waals surface area contributed by atoms with Gasteiger partial charge in [0.05, 0.1) is 13.7 Å². The van der Waals surface area contributed by atoms with E-state index in [-0.39, 0.29) is 0 Å². The molecule has 96 valence electrons. The van der Waals surface area contributed by atoms with Gasteiger partial charge in [0.25, 0.3) is 0 Å². The molecule has 0 saturated carbocycles. The number of hydrogen-bond donors (Lipinski definition) is 1. The van der Waals surface area contributed by atoms with E-state index in [9.17, 15) is 5.11 Å². The summed E-state index contributed by atoms with van der Waals surface area (Å²) in [5.41, 5.74) is 0.824. The van der Waals surface area contributed by atoms with Gasteiger partial charge in [0.1, 0.15) is 17.6 Å². The van der Waals surface area contributed by atoms with E-state index in [1.54, 1.807) is 7.11 Å². The van der Waals surface area contributed by atoms with Crippen molar-refractivity contribution >= 4 is 11.3 Å². The van der Waals surface area contributed by atoms with Gasteiger partial charge in [-0.1, -0.05) is 12.1 Å². The first-order valence-electron chi connectivity index (χ1n) is 5.78. The van der Waals surface area contributed by atoms with E-state index in [0.717, 1.165) is 21.9 Å². The van der Waals surface area contributed by atoms with Crippen molar-refractivity contribution in [3.05, 3.63) is 46.2 Å². The molecule has 0 aliphatic carbocycles. The second-order valence-electron chi connectivity index (χ2n) is 3.80. The van der Waals surface area contributed by atoms with Crippen LogP contribution in [0.5, 0.6) is 11.5 Å².